The molecular formula is C18H28O2. The quantitative estimate of drug-likeness (QED) is 0.567. The summed E-state index contributed by atoms with van der Waals surface area (Å²) in [6, 6.07) is 4.21. The molecule has 1 rings (SSSR count). The van der Waals surface area contributed by atoms with Gasteiger partial charge in [-0.25, -0.2) is 0 Å². The molecule has 2 heteroatoms. The van der Waals surface area contributed by atoms with Gasteiger partial charge in [0.25, 0.3) is 0 Å². The van der Waals surface area contributed by atoms with Gasteiger partial charge in [-0.3, -0.25) is 4.79 Å². The Bertz CT molecular complexity index is 499. The van der Waals surface area contributed by atoms with E-state index in [1.165, 1.54) is 11.1 Å². The zero-order valence-corrected chi connectivity index (χ0v) is 14.2. The van der Waals surface area contributed by atoms with Crippen LogP contribution in [0.3, 0.4) is 0 Å². The standard InChI is InChI=1S/C18H28O2/c1-9-16(19)20-15-10-12(2)13(17(3,4)5)11-14(15)18(6,7)8/h10-11H,9H2,1-8H3. The van der Waals surface area contributed by atoms with Crippen LogP contribution in [0.2, 0.25) is 0 Å². The van der Waals surface area contributed by atoms with Gasteiger partial charge in [0.15, 0.2) is 0 Å². The predicted octanol–water partition coefficient (Wildman–Crippen LogP) is 4.91. The summed E-state index contributed by atoms with van der Waals surface area (Å²) >= 11 is 0. The number of carbonyl (C=O) groups is 1. The second-order valence-electron chi connectivity index (χ2n) is 7.49. The average molecular weight is 276 g/mol. The highest BCUT2D eigenvalue weighted by Gasteiger charge is 2.25. The van der Waals surface area contributed by atoms with E-state index < -0.39 is 0 Å². The van der Waals surface area contributed by atoms with E-state index in [0.29, 0.717) is 12.2 Å². The fraction of sp³-hybridized carbons (Fsp3) is 0.611. The summed E-state index contributed by atoms with van der Waals surface area (Å²) in [5, 5.41) is 0. The minimum Gasteiger partial charge on any atom is -0.426 e. The number of carbonyl (C=O) groups excluding carboxylic acids is 1. The van der Waals surface area contributed by atoms with Gasteiger partial charge in [-0.2, -0.15) is 0 Å². The largest absolute Gasteiger partial charge is 0.426 e. The molecule has 1 aromatic rings. The van der Waals surface area contributed by atoms with Crippen LogP contribution >= 0.6 is 0 Å². The lowest BCUT2D eigenvalue weighted by molar-refractivity contribution is -0.134. The Morgan fingerprint density at radius 3 is 1.90 bits per heavy atom. The van der Waals surface area contributed by atoms with Crippen molar-refractivity contribution in [3.8, 4) is 5.75 Å². The molecule has 0 fully saturated rings. The van der Waals surface area contributed by atoms with E-state index in [1.807, 2.05) is 13.0 Å². The molecule has 0 atom stereocenters. The third-order valence-electron chi connectivity index (χ3n) is 3.46. The van der Waals surface area contributed by atoms with Crippen molar-refractivity contribution in [2.45, 2.75) is 72.6 Å². The summed E-state index contributed by atoms with van der Waals surface area (Å²) in [5.41, 5.74) is 3.59. The van der Waals surface area contributed by atoms with Crippen molar-refractivity contribution in [1.82, 2.24) is 0 Å². The van der Waals surface area contributed by atoms with Crippen LogP contribution in [0, 0.1) is 6.92 Å². The lowest BCUT2D eigenvalue weighted by atomic mass is 9.78. The monoisotopic (exact) mass is 276 g/mol. The molecule has 0 aliphatic carbocycles. The van der Waals surface area contributed by atoms with Gasteiger partial charge in [0, 0.05) is 12.0 Å². The van der Waals surface area contributed by atoms with Gasteiger partial charge in [-0.15, -0.1) is 0 Å². The molecule has 0 amide bonds. The Hall–Kier alpha value is -1.31. The highest BCUT2D eigenvalue weighted by molar-refractivity contribution is 5.72. The molecule has 0 heterocycles. The number of hydrogen-bond acceptors (Lipinski definition) is 2. The zero-order valence-electron chi connectivity index (χ0n) is 14.2. The van der Waals surface area contributed by atoms with Crippen molar-refractivity contribution in [1.29, 1.82) is 0 Å². The zero-order chi connectivity index (χ0) is 15.7. The first-order chi connectivity index (χ1) is 8.96. The Labute approximate surface area is 123 Å². The molecule has 0 saturated carbocycles. The number of aryl methyl sites for hydroxylation is 1. The van der Waals surface area contributed by atoms with Crippen molar-refractivity contribution in [3.05, 3.63) is 28.8 Å². The molecule has 0 radical (unpaired) electrons. The van der Waals surface area contributed by atoms with Gasteiger partial charge in [0.05, 0.1) is 0 Å². The van der Waals surface area contributed by atoms with Crippen LogP contribution in [-0.4, -0.2) is 5.97 Å². The summed E-state index contributed by atoms with van der Waals surface area (Å²) in [5.74, 6) is 0.522. The summed E-state index contributed by atoms with van der Waals surface area (Å²) in [6.07, 6.45) is 0.393. The van der Waals surface area contributed by atoms with Crippen LogP contribution in [0.25, 0.3) is 0 Å². The highest BCUT2D eigenvalue weighted by atomic mass is 16.5. The van der Waals surface area contributed by atoms with E-state index in [9.17, 15) is 4.79 Å². The number of hydrogen-bond donors (Lipinski definition) is 0. The predicted molar refractivity (Wildman–Crippen MR) is 84.5 cm³/mol. The van der Waals surface area contributed by atoms with Gasteiger partial charge in [0.1, 0.15) is 5.75 Å². The SMILES string of the molecule is CCC(=O)Oc1cc(C)c(C(C)(C)C)cc1C(C)(C)C. The van der Waals surface area contributed by atoms with Gasteiger partial charge in [-0.05, 0) is 34.9 Å². The van der Waals surface area contributed by atoms with E-state index in [2.05, 4.69) is 54.5 Å². The summed E-state index contributed by atoms with van der Waals surface area (Å²) in [6.45, 7) is 17.0. The molecule has 0 unspecified atom stereocenters. The van der Waals surface area contributed by atoms with Crippen molar-refractivity contribution in [2.75, 3.05) is 0 Å². The molecule has 1 aromatic carbocycles. The number of benzene rings is 1. The lowest BCUT2D eigenvalue weighted by Crippen LogP contribution is -2.20. The van der Waals surface area contributed by atoms with Crippen LogP contribution < -0.4 is 4.74 Å². The van der Waals surface area contributed by atoms with E-state index in [4.69, 9.17) is 4.74 Å². The first kappa shape index (κ1) is 16.7. The normalized spacial score (nSPS) is 12.4. The molecule has 0 saturated heterocycles. The van der Waals surface area contributed by atoms with E-state index in [0.717, 1.165) is 5.56 Å². The molecule has 0 bridgehead atoms. The maximum atomic E-state index is 11.6. The molecule has 112 valence electrons. The van der Waals surface area contributed by atoms with Crippen LogP contribution in [0.5, 0.6) is 5.75 Å². The first-order valence-corrected chi connectivity index (χ1v) is 7.33. The van der Waals surface area contributed by atoms with Gasteiger partial charge >= 0.3 is 5.97 Å². The average Bonchev–Trinajstić information content (AvgIpc) is 2.25. The van der Waals surface area contributed by atoms with Crippen molar-refractivity contribution >= 4 is 5.97 Å². The number of esters is 1. The summed E-state index contributed by atoms with van der Waals surface area (Å²) in [7, 11) is 0. The van der Waals surface area contributed by atoms with Gasteiger partial charge in [0.2, 0.25) is 0 Å². The molecular weight excluding hydrogens is 248 g/mol. The second-order valence-corrected chi connectivity index (χ2v) is 7.49. The van der Waals surface area contributed by atoms with Crippen molar-refractivity contribution < 1.29 is 9.53 Å². The second kappa shape index (κ2) is 5.59. The molecule has 0 aliphatic heterocycles. The minimum absolute atomic E-state index is 0.0585. The van der Waals surface area contributed by atoms with Crippen LogP contribution in [-0.2, 0) is 15.6 Å². The van der Waals surface area contributed by atoms with Gasteiger partial charge < -0.3 is 4.74 Å². The van der Waals surface area contributed by atoms with Crippen molar-refractivity contribution in [3.63, 3.8) is 0 Å². The Morgan fingerprint density at radius 1 is 1.00 bits per heavy atom. The molecule has 2 nitrogen and oxygen atoms in total. The third kappa shape index (κ3) is 3.84. The maximum Gasteiger partial charge on any atom is 0.310 e. The van der Waals surface area contributed by atoms with E-state index in [1.54, 1.807) is 0 Å². The first-order valence-electron chi connectivity index (χ1n) is 7.33. The molecule has 0 aromatic heterocycles. The third-order valence-corrected chi connectivity index (χ3v) is 3.46. The smallest absolute Gasteiger partial charge is 0.310 e. The molecule has 0 N–H and O–H groups in total. The van der Waals surface area contributed by atoms with Gasteiger partial charge in [-0.1, -0.05) is 54.5 Å². The Balaban J connectivity index is 3.45. The Morgan fingerprint density at radius 2 is 1.50 bits per heavy atom. The van der Waals surface area contributed by atoms with E-state index >= 15 is 0 Å². The number of ether oxygens (including phenoxy) is 1. The summed E-state index contributed by atoms with van der Waals surface area (Å²) < 4.78 is 5.53. The Kier molecular flexibility index (Phi) is 4.68. The van der Waals surface area contributed by atoms with Crippen LogP contribution in [0.15, 0.2) is 12.1 Å². The molecule has 20 heavy (non-hydrogen) atoms. The lowest BCUT2D eigenvalue weighted by Gasteiger charge is -2.28. The highest BCUT2D eigenvalue weighted by Crippen LogP contribution is 2.37. The van der Waals surface area contributed by atoms with Crippen LogP contribution in [0.4, 0.5) is 0 Å². The number of rotatable bonds is 2. The molecule has 0 aliphatic rings. The fourth-order valence-electron chi connectivity index (χ4n) is 2.35. The summed E-state index contributed by atoms with van der Waals surface area (Å²) in [4.78, 5) is 11.6. The minimum atomic E-state index is -0.182. The maximum absolute atomic E-state index is 11.6. The molecule has 0 spiro atoms. The topological polar surface area (TPSA) is 26.3 Å². The van der Waals surface area contributed by atoms with Crippen LogP contribution in [0.1, 0.15) is 71.6 Å². The van der Waals surface area contributed by atoms with E-state index in [-0.39, 0.29) is 16.8 Å². The fourth-order valence-corrected chi connectivity index (χ4v) is 2.35. The van der Waals surface area contributed by atoms with Crippen molar-refractivity contribution in [2.24, 2.45) is 0 Å².